The molecular weight excluding hydrogens is 420 g/mol. The third-order valence-electron chi connectivity index (χ3n) is 6.24. The summed E-state index contributed by atoms with van der Waals surface area (Å²) in [4.78, 5) is 21.7. The molecule has 1 amide bonds. The van der Waals surface area contributed by atoms with Crippen LogP contribution in [0.3, 0.4) is 0 Å². The van der Waals surface area contributed by atoms with Crippen molar-refractivity contribution in [3.05, 3.63) is 46.5 Å². The average Bonchev–Trinajstić information content (AvgIpc) is 3.15. The van der Waals surface area contributed by atoms with Crippen LogP contribution >= 0.6 is 11.3 Å². The lowest BCUT2D eigenvalue weighted by Gasteiger charge is -2.40. The highest BCUT2D eigenvalue weighted by Crippen LogP contribution is 2.38. The molecular formula is C21H28N4O3S2. The molecule has 0 bridgehead atoms. The molecule has 1 fully saturated rings. The van der Waals surface area contributed by atoms with Gasteiger partial charge in [0.2, 0.25) is 15.9 Å². The molecule has 1 aromatic heterocycles. The number of carbonyl (C=O) groups excluding carboxylic acids is 1. The summed E-state index contributed by atoms with van der Waals surface area (Å²) in [5, 5.41) is 3.71. The normalized spacial score (nSPS) is 19.9. The van der Waals surface area contributed by atoms with Crippen LogP contribution in [0, 0.1) is 0 Å². The number of carbonyl (C=O) groups is 1. The minimum Gasteiger partial charge on any atom is -0.301 e. The minimum absolute atomic E-state index is 0.0800. The van der Waals surface area contributed by atoms with Gasteiger partial charge in [-0.05, 0) is 32.4 Å². The number of piperidine rings is 1. The summed E-state index contributed by atoms with van der Waals surface area (Å²) in [5.74, 6) is -0.0156. The Morgan fingerprint density at radius 3 is 2.57 bits per heavy atom. The zero-order valence-electron chi connectivity index (χ0n) is 17.4. The van der Waals surface area contributed by atoms with Gasteiger partial charge in [0.25, 0.3) is 0 Å². The first-order valence-corrected chi connectivity index (χ1v) is 12.8. The topological polar surface area (TPSA) is 82.6 Å². The van der Waals surface area contributed by atoms with E-state index in [9.17, 15) is 13.2 Å². The first-order valence-electron chi connectivity index (χ1n) is 10.4. The Morgan fingerprint density at radius 1 is 1.20 bits per heavy atom. The van der Waals surface area contributed by atoms with Crippen LogP contribution in [-0.2, 0) is 33.2 Å². The Hall–Kier alpha value is -1.81. The van der Waals surface area contributed by atoms with Crippen molar-refractivity contribution in [3.8, 4) is 0 Å². The molecule has 0 aliphatic carbocycles. The van der Waals surface area contributed by atoms with Crippen molar-refractivity contribution in [3.63, 3.8) is 0 Å². The molecule has 2 aliphatic heterocycles. The number of thiazole rings is 1. The lowest BCUT2D eigenvalue weighted by atomic mass is 9.72. The number of fused-ring (bicyclic) bond motifs is 1. The summed E-state index contributed by atoms with van der Waals surface area (Å²) in [6.45, 7) is 4.18. The van der Waals surface area contributed by atoms with E-state index in [0.29, 0.717) is 31.1 Å². The molecule has 30 heavy (non-hydrogen) atoms. The van der Waals surface area contributed by atoms with E-state index >= 15 is 0 Å². The van der Waals surface area contributed by atoms with Crippen LogP contribution in [0.5, 0.6) is 0 Å². The Morgan fingerprint density at radius 2 is 1.90 bits per heavy atom. The molecule has 1 N–H and O–H groups in total. The van der Waals surface area contributed by atoms with Crippen molar-refractivity contribution in [1.82, 2.24) is 14.2 Å². The second-order valence-corrected chi connectivity index (χ2v) is 11.4. The Labute approximate surface area is 182 Å². The van der Waals surface area contributed by atoms with Gasteiger partial charge in [-0.25, -0.2) is 17.7 Å². The largest absolute Gasteiger partial charge is 0.301 e. The standard InChI is InChI=1S/C21H28N4O3S2/c1-3-30(27,28)25-13-10-21(11-14-25,16-7-5-4-6-8-16)19(26)23-20-22-17-9-12-24(2)15-18(17)29-20/h4-8H,3,9-15H2,1-2H3,(H,22,23,26). The zero-order valence-corrected chi connectivity index (χ0v) is 19.1. The predicted molar refractivity (Wildman–Crippen MR) is 119 cm³/mol. The van der Waals surface area contributed by atoms with Gasteiger partial charge in [0.05, 0.1) is 16.9 Å². The molecule has 9 heteroatoms. The second-order valence-electron chi connectivity index (χ2n) is 8.08. The van der Waals surface area contributed by atoms with E-state index < -0.39 is 15.4 Å². The molecule has 1 aromatic carbocycles. The molecule has 1 saturated heterocycles. The molecule has 162 valence electrons. The van der Waals surface area contributed by atoms with Crippen molar-refractivity contribution >= 4 is 32.4 Å². The number of hydrogen-bond acceptors (Lipinski definition) is 6. The predicted octanol–water partition coefficient (Wildman–Crippen LogP) is 2.45. The van der Waals surface area contributed by atoms with Gasteiger partial charge in [0.15, 0.2) is 5.13 Å². The van der Waals surface area contributed by atoms with Gasteiger partial charge in [-0.1, -0.05) is 30.3 Å². The monoisotopic (exact) mass is 448 g/mol. The number of benzene rings is 1. The maximum atomic E-state index is 13.6. The number of anilines is 1. The van der Waals surface area contributed by atoms with E-state index in [-0.39, 0.29) is 11.7 Å². The molecule has 2 aliphatic rings. The van der Waals surface area contributed by atoms with E-state index in [1.54, 1.807) is 18.3 Å². The fourth-order valence-electron chi connectivity index (χ4n) is 4.33. The summed E-state index contributed by atoms with van der Waals surface area (Å²) in [6, 6.07) is 9.71. The van der Waals surface area contributed by atoms with Crippen LogP contribution in [-0.4, -0.2) is 60.9 Å². The number of aromatic nitrogens is 1. The summed E-state index contributed by atoms with van der Waals surface area (Å²) < 4.78 is 26.1. The highest BCUT2D eigenvalue weighted by atomic mass is 32.2. The van der Waals surface area contributed by atoms with Gasteiger partial charge >= 0.3 is 0 Å². The van der Waals surface area contributed by atoms with Crippen molar-refractivity contribution in [2.24, 2.45) is 0 Å². The Bertz CT molecular complexity index is 1010. The molecule has 0 radical (unpaired) electrons. The number of likely N-dealkylation sites (N-methyl/N-ethyl adjacent to an activating group) is 1. The van der Waals surface area contributed by atoms with E-state index in [4.69, 9.17) is 0 Å². The number of nitrogens with zero attached hydrogens (tertiary/aromatic N) is 3. The lowest BCUT2D eigenvalue weighted by molar-refractivity contribution is -0.123. The van der Waals surface area contributed by atoms with Gasteiger partial charge in [0, 0.05) is 37.5 Å². The minimum atomic E-state index is -3.26. The van der Waals surface area contributed by atoms with Gasteiger partial charge in [0.1, 0.15) is 0 Å². The average molecular weight is 449 g/mol. The van der Waals surface area contributed by atoms with Crippen LogP contribution in [0.4, 0.5) is 5.13 Å². The van der Waals surface area contributed by atoms with Crippen LogP contribution in [0.15, 0.2) is 30.3 Å². The maximum Gasteiger partial charge on any atom is 0.236 e. The highest BCUT2D eigenvalue weighted by molar-refractivity contribution is 7.89. The Balaban J connectivity index is 1.59. The fourth-order valence-corrected chi connectivity index (χ4v) is 6.51. The first-order chi connectivity index (χ1) is 14.3. The summed E-state index contributed by atoms with van der Waals surface area (Å²) >= 11 is 1.54. The van der Waals surface area contributed by atoms with Gasteiger partial charge in [-0.3, -0.25) is 4.79 Å². The number of sulfonamides is 1. The number of hydrogen-bond donors (Lipinski definition) is 1. The number of nitrogens with one attached hydrogen (secondary N) is 1. The van der Waals surface area contributed by atoms with Crippen LogP contribution < -0.4 is 5.32 Å². The third kappa shape index (κ3) is 4.03. The molecule has 7 nitrogen and oxygen atoms in total. The molecule has 2 aromatic rings. The molecule has 4 rings (SSSR count). The SMILES string of the molecule is CCS(=O)(=O)N1CCC(C(=O)Nc2nc3c(s2)CN(C)CC3)(c2ccccc2)CC1. The van der Waals surface area contributed by atoms with E-state index in [1.807, 2.05) is 30.3 Å². The van der Waals surface area contributed by atoms with Crippen molar-refractivity contribution in [2.45, 2.75) is 38.1 Å². The molecule has 0 saturated carbocycles. The van der Waals surface area contributed by atoms with Crippen molar-refractivity contribution in [1.29, 1.82) is 0 Å². The number of amides is 1. The van der Waals surface area contributed by atoms with Gasteiger partial charge in [-0.2, -0.15) is 0 Å². The lowest BCUT2D eigenvalue weighted by Crippen LogP contribution is -2.51. The molecule has 0 spiro atoms. The van der Waals surface area contributed by atoms with E-state index in [2.05, 4.69) is 22.2 Å². The summed E-state index contributed by atoms with van der Waals surface area (Å²) in [5.41, 5.74) is 1.24. The second kappa shape index (κ2) is 8.37. The summed E-state index contributed by atoms with van der Waals surface area (Å²) in [6.07, 6.45) is 1.80. The van der Waals surface area contributed by atoms with Crippen LogP contribution in [0.2, 0.25) is 0 Å². The molecule has 3 heterocycles. The quantitative estimate of drug-likeness (QED) is 0.760. The van der Waals surface area contributed by atoms with Gasteiger partial charge in [-0.15, -0.1) is 11.3 Å². The molecule has 0 atom stereocenters. The highest BCUT2D eigenvalue weighted by Gasteiger charge is 2.45. The van der Waals surface area contributed by atoms with Crippen molar-refractivity contribution < 1.29 is 13.2 Å². The van der Waals surface area contributed by atoms with Gasteiger partial charge < -0.3 is 10.2 Å². The van der Waals surface area contributed by atoms with E-state index in [0.717, 1.165) is 30.8 Å². The summed E-state index contributed by atoms with van der Waals surface area (Å²) in [7, 11) is -1.17. The number of rotatable bonds is 5. The van der Waals surface area contributed by atoms with Crippen molar-refractivity contribution in [2.75, 3.05) is 37.8 Å². The molecule has 0 unspecified atom stereocenters. The van der Waals surface area contributed by atoms with Crippen LogP contribution in [0.1, 0.15) is 35.9 Å². The fraction of sp³-hybridized carbons (Fsp3) is 0.524. The van der Waals surface area contributed by atoms with Crippen LogP contribution in [0.25, 0.3) is 0 Å². The third-order valence-corrected chi connectivity index (χ3v) is 9.12. The first kappa shape index (κ1) is 21.4. The van der Waals surface area contributed by atoms with E-state index in [1.165, 1.54) is 9.18 Å². The Kier molecular flexibility index (Phi) is 5.98. The maximum absolute atomic E-state index is 13.6. The zero-order chi connectivity index (χ0) is 21.4. The smallest absolute Gasteiger partial charge is 0.236 e.